The summed E-state index contributed by atoms with van der Waals surface area (Å²) in [5.41, 5.74) is 1.94. The van der Waals surface area contributed by atoms with E-state index >= 15 is 0 Å². The third-order valence-corrected chi connectivity index (χ3v) is 4.93. The summed E-state index contributed by atoms with van der Waals surface area (Å²) in [6, 6.07) is 9.57. The standard InChI is InChI=1S/C19H20ClN5O2/c1-26-15-4-2-14(3-5-15)19-22-18(27-23-19)13-24-8-10-25(11-9-24)17-6-7-21-12-16(17)20/h2-7,12H,8-11,13H2,1H3. The number of piperazine rings is 1. The topological polar surface area (TPSA) is 67.5 Å². The summed E-state index contributed by atoms with van der Waals surface area (Å²) in [5.74, 6) is 2.01. The molecule has 0 amide bonds. The minimum atomic E-state index is 0.592. The molecule has 1 aliphatic heterocycles. The van der Waals surface area contributed by atoms with Crippen LogP contribution in [0, 0.1) is 0 Å². The van der Waals surface area contributed by atoms with Crippen molar-refractivity contribution in [3.8, 4) is 17.1 Å². The highest BCUT2D eigenvalue weighted by Gasteiger charge is 2.21. The van der Waals surface area contributed by atoms with Crippen molar-refractivity contribution in [1.82, 2.24) is 20.0 Å². The maximum absolute atomic E-state index is 6.24. The molecule has 140 valence electrons. The predicted octanol–water partition coefficient (Wildman–Crippen LogP) is 3.12. The van der Waals surface area contributed by atoms with Gasteiger partial charge in [-0.2, -0.15) is 4.98 Å². The number of rotatable bonds is 5. The zero-order chi connectivity index (χ0) is 18.6. The Morgan fingerprint density at radius 3 is 2.59 bits per heavy atom. The number of hydrogen-bond acceptors (Lipinski definition) is 7. The molecule has 0 spiro atoms. The van der Waals surface area contributed by atoms with E-state index in [1.54, 1.807) is 19.5 Å². The smallest absolute Gasteiger partial charge is 0.241 e. The van der Waals surface area contributed by atoms with Crippen molar-refractivity contribution in [2.75, 3.05) is 38.2 Å². The summed E-state index contributed by atoms with van der Waals surface area (Å²) in [4.78, 5) is 13.1. The quantitative estimate of drug-likeness (QED) is 0.668. The van der Waals surface area contributed by atoms with Crippen molar-refractivity contribution < 1.29 is 9.26 Å². The number of halogens is 1. The van der Waals surface area contributed by atoms with Crippen LogP contribution in [0.25, 0.3) is 11.4 Å². The molecule has 1 saturated heterocycles. The van der Waals surface area contributed by atoms with Crippen molar-refractivity contribution in [3.63, 3.8) is 0 Å². The first-order valence-corrected chi connectivity index (χ1v) is 9.14. The van der Waals surface area contributed by atoms with E-state index in [4.69, 9.17) is 20.9 Å². The van der Waals surface area contributed by atoms with E-state index in [9.17, 15) is 0 Å². The Hall–Kier alpha value is -2.64. The van der Waals surface area contributed by atoms with Crippen LogP contribution in [-0.2, 0) is 6.54 Å². The van der Waals surface area contributed by atoms with Gasteiger partial charge in [-0.05, 0) is 30.3 Å². The van der Waals surface area contributed by atoms with Gasteiger partial charge in [-0.15, -0.1) is 0 Å². The van der Waals surface area contributed by atoms with Crippen LogP contribution in [0.1, 0.15) is 5.89 Å². The first-order chi connectivity index (χ1) is 13.2. The molecule has 0 aliphatic carbocycles. The molecule has 1 aromatic carbocycles. The van der Waals surface area contributed by atoms with Gasteiger partial charge in [0.2, 0.25) is 11.7 Å². The molecule has 0 bridgehead atoms. The lowest BCUT2D eigenvalue weighted by atomic mass is 10.2. The average Bonchev–Trinajstić information content (AvgIpc) is 3.18. The summed E-state index contributed by atoms with van der Waals surface area (Å²) in [6.07, 6.45) is 3.45. The Morgan fingerprint density at radius 2 is 1.89 bits per heavy atom. The number of hydrogen-bond donors (Lipinski definition) is 0. The maximum Gasteiger partial charge on any atom is 0.241 e. The van der Waals surface area contributed by atoms with Gasteiger partial charge in [0.25, 0.3) is 0 Å². The van der Waals surface area contributed by atoms with E-state index in [0.717, 1.165) is 43.2 Å². The van der Waals surface area contributed by atoms with E-state index in [0.29, 0.717) is 23.3 Å². The van der Waals surface area contributed by atoms with Crippen LogP contribution >= 0.6 is 11.6 Å². The first kappa shape index (κ1) is 17.8. The first-order valence-electron chi connectivity index (χ1n) is 8.77. The Kier molecular flexibility index (Phi) is 5.22. The van der Waals surface area contributed by atoms with Crippen molar-refractivity contribution >= 4 is 17.3 Å². The second-order valence-corrected chi connectivity index (χ2v) is 6.74. The van der Waals surface area contributed by atoms with E-state index in [1.165, 1.54) is 0 Å². The molecule has 7 nitrogen and oxygen atoms in total. The SMILES string of the molecule is COc1ccc(-c2noc(CN3CCN(c4ccncc4Cl)CC3)n2)cc1. The van der Waals surface area contributed by atoms with Crippen molar-refractivity contribution in [3.05, 3.63) is 53.6 Å². The highest BCUT2D eigenvalue weighted by atomic mass is 35.5. The van der Waals surface area contributed by atoms with Gasteiger partial charge in [0.1, 0.15) is 5.75 Å². The van der Waals surface area contributed by atoms with Crippen LogP contribution in [0.4, 0.5) is 5.69 Å². The second-order valence-electron chi connectivity index (χ2n) is 6.33. The number of nitrogens with zero attached hydrogens (tertiary/aromatic N) is 5. The third-order valence-electron chi connectivity index (χ3n) is 4.64. The van der Waals surface area contributed by atoms with Crippen molar-refractivity contribution in [2.45, 2.75) is 6.54 Å². The van der Waals surface area contributed by atoms with Crippen LogP contribution < -0.4 is 9.64 Å². The van der Waals surface area contributed by atoms with Gasteiger partial charge in [0, 0.05) is 44.1 Å². The molecule has 3 heterocycles. The molecular formula is C19H20ClN5O2. The summed E-state index contributed by atoms with van der Waals surface area (Å²) in [7, 11) is 1.64. The van der Waals surface area contributed by atoms with Crippen molar-refractivity contribution in [2.24, 2.45) is 0 Å². The number of aromatic nitrogens is 3. The molecule has 0 N–H and O–H groups in total. The Morgan fingerprint density at radius 1 is 1.11 bits per heavy atom. The monoisotopic (exact) mass is 385 g/mol. The zero-order valence-corrected chi connectivity index (χ0v) is 15.8. The lowest BCUT2D eigenvalue weighted by molar-refractivity contribution is 0.215. The molecule has 4 rings (SSSR count). The number of methoxy groups -OCH3 is 1. The fourth-order valence-corrected chi connectivity index (χ4v) is 3.38. The number of pyridine rings is 1. The average molecular weight is 386 g/mol. The van der Waals surface area contributed by atoms with Gasteiger partial charge in [-0.3, -0.25) is 9.88 Å². The lowest BCUT2D eigenvalue weighted by Gasteiger charge is -2.35. The molecule has 0 atom stereocenters. The summed E-state index contributed by atoms with van der Waals surface area (Å²) < 4.78 is 10.6. The van der Waals surface area contributed by atoms with E-state index < -0.39 is 0 Å². The van der Waals surface area contributed by atoms with Gasteiger partial charge >= 0.3 is 0 Å². The van der Waals surface area contributed by atoms with E-state index in [-0.39, 0.29) is 0 Å². The minimum Gasteiger partial charge on any atom is -0.497 e. The highest BCUT2D eigenvalue weighted by molar-refractivity contribution is 6.33. The van der Waals surface area contributed by atoms with Gasteiger partial charge in [0.15, 0.2) is 0 Å². The van der Waals surface area contributed by atoms with E-state index in [2.05, 4.69) is 24.9 Å². The highest BCUT2D eigenvalue weighted by Crippen LogP contribution is 2.25. The van der Waals surface area contributed by atoms with Crippen LogP contribution in [0.5, 0.6) is 5.75 Å². The van der Waals surface area contributed by atoms with Crippen molar-refractivity contribution in [1.29, 1.82) is 0 Å². The number of anilines is 1. The molecule has 27 heavy (non-hydrogen) atoms. The minimum absolute atomic E-state index is 0.592. The molecule has 1 aliphatic rings. The zero-order valence-electron chi connectivity index (χ0n) is 15.0. The van der Waals surface area contributed by atoms with Gasteiger partial charge < -0.3 is 14.2 Å². The molecule has 0 saturated carbocycles. The molecule has 1 fully saturated rings. The Bertz CT molecular complexity index is 891. The molecule has 2 aromatic heterocycles. The van der Waals surface area contributed by atoms with Crippen LogP contribution in [0.3, 0.4) is 0 Å². The Balaban J connectivity index is 1.35. The molecule has 8 heteroatoms. The second kappa shape index (κ2) is 7.94. The molecule has 0 radical (unpaired) electrons. The third kappa shape index (κ3) is 4.04. The molecular weight excluding hydrogens is 366 g/mol. The Labute approximate surface area is 162 Å². The van der Waals surface area contributed by atoms with Crippen LogP contribution in [0.2, 0.25) is 5.02 Å². The largest absolute Gasteiger partial charge is 0.497 e. The molecule has 3 aromatic rings. The maximum atomic E-state index is 6.24. The summed E-state index contributed by atoms with van der Waals surface area (Å²) in [5, 5.41) is 4.78. The summed E-state index contributed by atoms with van der Waals surface area (Å²) >= 11 is 6.24. The fourth-order valence-electron chi connectivity index (χ4n) is 3.14. The number of benzene rings is 1. The van der Waals surface area contributed by atoms with Gasteiger partial charge in [-0.25, -0.2) is 0 Å². The van der Waals surface area contributed by atoms with Gasteiger partial charge in [-0.1, -0.05) is 16.8 Å². The van der Waals surface area contributed by atoms with Gasteiger partial charge in [0.05, 0.1) is 24.4 Å². The van der Waals surface area contributed by atoms with Crippen LogP contribution in [0.15, 0.2) is 47.2 Å². The predicted molar refractivity (Wildman–Crippen MR) is 103 cm³/mol. The van der Waals surface area contributed by atoms with E-state index in [1.807, 2.05) is 30.3 Å². The summed E-state index contributed by atoms with van der Waals surface area (Å²) in [6.45, 7) is 4.23. The van der Waals surface area contributed by atoms with Crippen LogP contribution in [-0.4, -0.2) is 53.3 Å². The number of ether oxygens (including phenoxy) is 1. The normalized spacial score (nSPS) is 15.1. The lowest BCUT2D eigenvalue weighted by Crippen LogP contribution is -2.46. The molecule has 0 unspecified atom stereocenters. The fraction of sp³-hybridized carbons (Fsp3) is 0.316.